The van der Waals surface area contributed by atoms with Crippen LogP contribution in [0.1, 0.15) is 0 Å². The highest BCUT2D eigenvalue weighted by Gasteiger charge is 2.09. The maximum absolute atomic E-state index is 5.27. The third kappa shape index (κ3) is 3.72. The molecule has 0 fully saturated rings. The molecule has 142 valence electrons. The van der Waals surface area contributed by atoms with Crippen molar-refractivity contribution >= 4 is 43.2 Å². The maximum Gasteiger partial charge on any atom is 0.190 e. The van der Waals surface area contributed by atoms with Crippen LogP contribution in [-0.2, 0) is 0 Å². The van der Waals surface area contributed by atoms with Crippen LogP contribution in [0.25, 0.3) is 32.6 Å². The first-order valence-corrected chi connectivity index (χ1v) is 10.8. The third-order valence-electron chi connectivity index (χ3n) is 4.60. The van der Waals surface area contributed by atoms with Crippen LogP contribution in [-0.4, -0.2) is 17.1 Å². The molecular weight excluding hydrogens is 398 g/mol. The molecule has 0 amide bonds. The van der Waals surface area contributed by atoms with Crippen molar-refractivity contribution in [3.63, 3.8) is 0 Å². The van der Waals surface area contributed by atoms with Crippen LogP contribution in [0.3, 0.4) is 0 Å². The summed E-state index contributed by atoms with van der Waals surface area (Å²) >= 11 is 3.18. The summed E-state index contributed by atoms with van der Waals surface area (Å²) in [6, 6.07) is 24.8. The van der Waals surface area contributed by atoms with E-state index in [-0.39, 0.29) is 0 Å². The number of aromatic nitrogens is 2. The number of benzene rings is 3. The Morgan fingerprint density at radius 2 is 1.55 bits per heavy atom. The summed E-state index contributed by atoms with van der Waals surface area (Å²) in [4.78, 5) is 9.37. The van der Waals surface area contributed by atoms with Gasteiger partial charge in [0, 0.05) is 17.0 Å². The first-order chi connectivity index (χ1) is 14.3. The lowest BCUT2D eigenvalue weighted by molar-refractivity contribution is 0.415. The molecule has 2 aromatic heterocycles. The van der Waals surface area contributed by atoms with E-state index in [4.69, 9.17) is 9.72 Å². The zero-order valence-electron chi connectivity index (χ0n) is 15.6. The molecule has 0 saturated heterocycles. The molecule has 4 nitrogen and oxygen atoms in total. The van der Waals surface area contributed by atoms with Gasteiger partial charge < -0.3 is 10.1 Å². The molecule has 0 aliphatic heterocycles. The zero-order valence-corrected chi connectivity index (χ0v) is 17.3. The Bertz CT molecular complexity index is 1260. The Labute approximate surface area is 176 Å². The molecule has 0 spiro atoms. The van der Waals surface area contributed by atoms with Crippen molar-refractivity contribution in [3.05, 3.63) is 78.2 Å². The Kier molecular flexibility index (Phi) is 4.71. The number of hydrogen-bond donors (Lipinski definition) is 1. The van der Waals surface area contributed by atoms with Gasteiger partial charge in [0.1, 0.15) is 5.75 Å². The molecule has 0 saturated carbocycles. The van der Waals surface area contributed by atoms with E-state index in [2.05, 4.69) is 64.2 Å². The monoisotopic (exact) mass is 415 g/mol. The van der Waals surface area contributed by atoms with Gasteiger partial charge in [-0.2, -0.15) is 0 Å². The third-order valence-corrected chi connectivity index (χ3v) is 6.31. The van der Waals surface area contributed by atoms with E-state index in [1.165, 1.54) is 11.1 Å². The summed E-state index contributed by atoms with van der Waals surface area (Å²) in [5, 5.41) is 7.06. The van der Waals surface area contributed by atoms with Gasteiger partial charge in [0.05, 0.1) is 23.0 Å². The zero-order chi connectivity index (χ0) is 19.6. The fourth-order valence-electron chi connectivity index (χ4n) is 3.11. The first kappa shape index (κ1) is 17.8. The van der Waals surface area contributed by atoms with E-state index < -0.39 is 0 Å². The SMILES string of the molecule is COc1ccc2sc(Nc3nc(-c4ccc(-c5ccccc5)cc4)cs3)nc2c1. The van der Waals surface area contributed by atoms with E-state index in [9.17, 15) is 0 Å². The van der Waals surface area contributed by atoms with Crippen molar-refractivity contribution in [3.8, 4) is 28.1 Å². The number of methoxy groups -OCH3 is 1. The molecular formula is C23H17N3OS2. The van der Waals surface area contributed by atoms with Gasteiger partial charge in [-0.05, 0) is 23.3 Å². The van der Waals surface area contributed by atoms with Gasteiger partial charge in [0.15, 0.2) is 10.3 Å². The average Bonchev–Trinajstić information content (AvgIpc) is 3.40. The fourth-order valence-corrected chi connectivity index (χ4v) is 4.74. The summed E-state index contributed by atoms with van der Waals surface area (Å²) < 4.78 is 6.39. The topological polar surface area (TPSA) is 47.0 Å². The molecule has 0 radical (unpaired) electrons. The minimum absolute atomic E-state index is 0.810. The maximum atomic E-state index is 5.27. The minimum atomic E-state index is 0.810. The van der Waals surface area contributed by atoms with Crippen LogP contribution in [0.2, 0.25) is 0 Å². The van der Waals surface area contributed by atoms with Crippen LogP contribution in [0, 0.1) is 0 Å². The molecule has 0 atom stereocenters. The highest BCUT2D eigenvalue weighted by atomic mass is 32.1. The number of nitrogens with one attached hydrogen (secondary N) is 1. The van der Waals surface area contributed by atoms with Gasteiger partial charge in [-0.25, -0.2) is 9.97 Å². The second-order valence-corrected chi connectivity index (χ2v) is 8.35. The van der Waals surface area contributed by atoms with Crippen molar-refractivity contribution in [2.24, 2.45) is 0 Å². The molecule has 3 aromatic carbocycles. The molecule has 29 heavy (non-hydrogen) atoms. The number of fused-ring (bicyclic) bond motifs is 1. The summed E-state index contributed by atoms with van der Waals surface area (Å²) in [7, 11) is 1.66. The summed E-state index contributed by atoms with van der Waals surface area (Å²) in [5.74, 6) is 0.810. The Hall–Kier alpha value is -3.22. The van der Waals surface area contributed by atoms with Crippen molar-refractivity contribution in [1.82, 2.24) is 9.97 Å². The predicted molar refractivity (Wildman–Crippen MR) is 122 cm³/mol. The molecule has 0 bridgehead atoms. The molecule has 2 heterocycles. The lowest BCUT2D eigenvalue weighted by atomic mass is 10.0. The number of thiazole rings is 2. The normalized spacial score (nSPS) is 10.9. The van der Waals surface area contributed by atoms with Gasteiger partial charge in [-0.3, -0.25) is 0 Å². The summed E-state index contributed by atoms with van der Waals surface area (Å²) in [6.07, 6.45) is 0. The van der Waals surface area contributed by atoms with Gasteiger partial charge in [0.25, 0.3) is 0 Å². The summed E-state index contributed by atoms with van der Waals surface area (Å²) in [5.41, 5.74) is 5.40. The number of rotatable bonds is 5. The summed E-state index contributed by atoms with van der Waals surface area (Å²) in [6.45, 7) is 0. The Morgan fingerprint density at radius 3 is 2.34 bits per heavy atom. The van der Waals surface area contributed by atoms with E-state index >= 15 is 0 Å². The van der Waals surface area contributed by atoms with E-state index in [0.29, 0.717) is 0 Å². The van der Waals surface area contributed by atoms with Crippen LogP contribution in [0.15, 0.2) is 78.2 Å². The first-order valence-electron chi connectivity index (χ1n) is 9.11. The lowest BCUT2D eigenvalue weighted by Gasteiger charge is -2.02. The number of ether oxygens (including phenoxy) is 1. The number of nitrogens with zero attached hydrogens (tertiary/aromatic N) is 2. The lowest BCUT2D eigenvalue weighted by Crippen LogP contribution is -1.88. The average molecular weight is 416 g/mol. The fraction of sp³-hybridized carbons (Fsp3) is 0.0435. The van der Waals surface area contributed by atoms with Crippen molar-refractivity contribution < 1.29 is 4.74 Å². The quantitative estimate of drug-likeness (QED) is 0.341. The second-order valence-electron chi connectivity index (χ2n) is 6.46. The largest absolute Gasteiger partial charge is 0.497 e. The molecule has 6 heteroatoms. The molecule has 1 N–H and O–H groups in total. The molecule has 5 aromatic rings. The number of anilines is 2. The van der Waals surface area contributed by atoms with Gasteiger partial charge in [-0.1, -0.05) is 65.9 Å². The van der Waals surface area contributed by atoms with Crippen LogP contribution >= 0.6 is 22.7 Å². The highest BCUT2D eigenvalue weighted by Crippen LogP contribution is 2.33. The van der Waals surface area contributed by atoms with Crippen LogP contribution < -0.4 is 10.1 Å². The van der Waals surface area contributed by atoms with E-state index in [1.54, 1.807) is 29.8 Å². The van der Waals surface area contributed by atoms with Crippen LogP contribution in [0.4, 0.5) is 10.3 Å². The Morgan fingerprint density at radius 1 is 0.793 bits per heavy atom. The van der Waals surface area contributed by atoms with Crippen molar-refractivity contribution in [1.29, 1.82) is 0 Å². The minimum Gasteiger partial charge on any atom is -0.497 e. The van der Waals surface area contributed by atoms with E-state index in [0.717, 1.165) is 37.5 Å². The standard InChI is InChI=1S/C23H17N3OS2/c1-27-18-11-12-21-19(13-18)24-23(29-21)26-22-25-20(14-28-22)17-9-7-16(8-10-17)15-5-3-2-4-6-15/h2-14H,1H3,(H,24,25,26). The molecule has 0 aliphatic carbocycles. The molecule has 0 aliphatic rings. The van der Waals surface area contributed by atoms with E-state index in [1.807, 2.05) is 24.3 Å². The van der Waals surface area contributed by atoms with Gasteiger partial charge >= 0.3 is 0 Å². The smallest absolute Gasteiger partial charge is 0.190 e. The van der Waals surface area contributed by atoms with Crippen molar-refractivity contribution in [2.75, 3.05) is 12.4 Å². The predicted octanol–water partition coefficient (Wildman–Crippen LogP) is 6.84. The van der Waals surface area contributed by atoms with Gasteiger partial charge in [0.2, 0.25) is 0 Å². The Balaban J connectivity index is 1.35. The van der Waals surface area contributed by atoms with Crippen LogP contribution in [0.5, 0.6) is 5.75 Å². The van der Waals surface area contributed by atoms with Crippen molar-refractivity contribution in [2.45, 2.75) is 0 Å². The molecule has 0 unspecified atom stereocenters. The number of hydrogen-bond acceptors (Lipinski definition) is 6. The highest BCUT2D eigenvalue weighted by molar-refractivity contribution is 7.22. The van der Waals surface area contributed by atoms with Gasteiger partial charge in [-0.15, -0.1) is 11.3 Å². The second kappa shape index (κ2) is 7.66. The molecule has 5 rings (SSSR count).